The number of hydrogen-bond donors (Lipinski definition) is 3. The van der Waals surface area contributed by atoms with Gasteiger partial charge in [-0.3, -0.25) is 0 Å². The van der Waals surface area contributed by atoms with E-state index in [-0.39, 0.29) is 18.9 Å². The Labute approximate surface area is 153 Å². The highest BCUT2D eigenvalue weighted by atomic mass is 16.3. The predicted octanol–water partition coefficient (Wildman–Crippen LogP) is 4.06. The lowest BCUT2D eigenvalue weighted by molar-refractivity contribution is -0.152. The van der Waals surface area contributed by atoms with Gasteiger partial charge in [-0.2, -0.15) is 0 Å². The van der Waals surface area contributed by atoms with Gasteiger partial charge in [-0.1, -0.05) is 32.9 Å². The summed E-state index contributed by atoms with van der Waals surface area (Å²) in [4.78, 5) is 0. The normalized spacial score (nSPS) is 53.0. The van der Waals surface area contributed by atoms with Crippen LogP contribution in [-0.4, -0.2) is 33.1 Å². The molecular formula is C22H38O3. The summed E-state index contributed by atoms with van der Waals surface area (Å²) in [5, 5.41) is 31.6. The Hall–Kier alpha value is -0.380. The molecular weight excluding hydrogens is 312 g/mol. The van der Waals surface area contributed by atoms with Crippen molar-refractivity contribution in [2.24, 2.45) is 28.6 Å². The highest BCUT2D eigenvalue weighted by molar-refractivity contribution is 5.30. The minimum Gasteiger partial charge on any atom is -0.393 e. The molecule has 0 aromatic heterocycles. The van der Waals surface area contributed by atoms with Crippen LogP contribution < -0.4 is 0 Å². The fourth-order valence-electron chi connectivity index (χ4n) is 7.23. The molecule has 0 aliphatic heterocycles. The van der Waals surface area contributed by atoms with Gasteiger partial charge in [0.1, 0.15) is 0 Å². The van der Waals surface area contributed by atoms with E-state index in [4.69, 9.17) is 0 Å². The van der Waals surface area contributed by atoms with Crippen molar-refractivity contribution < 1.29 is 15.3 Å². The van der Waals surface area contributed by atoms with Crippen LogP contribution in [0.4, 0.5) is 0 Å². The van der Waals surface area contributed by atoms with Crippen molar-refractivity contribution in [3.05, 3.63) is 11.6 Å². The van der Waals surface area contributed by atoms with E-state index in [0.29, 0.717) is 23.2 Å². The molecule has 3 fully saturated rings. The zero-order chi connectivity index (χ0) is 17.3. The van der Waals surface area contributed by atoms with Crippen molar-refractivity contribution in [1.82, 2.24) is 0 Å². The first-order valence-electron chi connectivity index (χ1n) is 10.0. The van der Waals surface area contributed by atoms with Gasteiger partial charge in [-0.15, -0.1) is 0 Å². The standard InChI is InChI=1S/C21H34O3.CH4/c1-13(22)21(24)11-8-18-16-5-4-14-12-15(23)6-9-19(14,2)17(16)7-10-20(18,21)3;/h5,13-15,17-18,22-24H,4,6-12H2,1-3H3;1H4/t13?,14-,15-,17?,18?,19+,20+,21+;/m1./s1. The first-order chi connectivity index (χ1) is 11.2. The van der Waals surface area contributed by atoms with E-state index in [0.717, 1.165) is 51.4 Å². The molecule has 0 spiro atoms. The maximum Gasteiger partial charge on any atom is 0.0961 e. The molecule has 0 amide bonds. The summed E-state index contributed by atoms with van der Waals surface area (Å²) < 4.78 is 0. The van der Waals surface area contributed by atoms with E-state index < -0.39 is 11.7 Å². The molecule has 8 atom stereocenters. The zero-order valence-corrected chi connectivity index (χ0v) is 15.5. The van der Waals surface area contributed by atoms with Crippen LogP contribution in [0.3, 0.4) is 0 Å². The molecule has 3 nitrogen and oxygen atoms in total. The molecule has 3 unspecified atom stereocenters. The van der Waals surface area contributed by atoms with E-state index in [2.05, 4.69) is 19.9 Å². The van der Waals surface area contributed by atoms with Crippen LogP contribution in [0.15, 0.2) is 11.6 Å². The van der Waals surface area contributed by atoms with Crippen molar-refractivity contribution in [1.29, 1.82) is 0 Å². The number of allylic oxidation sites excluding steroid dienone is 2. The van der Waals surface area contributed by atoms with Crippen LogP contribution >= 0.6 is 0 Å². The van der Waals surface area contributed by atoms with Crippen molar-refractivity contribution >= 4 is 0 Å². The van der Waals surface area contributed by atoms with Crippen molar-refractivity contribution in [2.75, 3.05) is 0 Å². The third-order valence-corrected chi connectivity index (χ3v) is 8.96. The fourth-order valence-corrected chi connectivity index (χ4v) is 7.23. The van der Waals surface area contributed by atoms with Crippen LogP contribution in [0, 0.1) is 28.6 Å². The van der Waals surface area contributed by atoms with Gasteiger partial charge >= 0.3 is 0 Å². The largest absolute Gasteiger partial charge is 0.393 e. The Morgan fingerprint density at radius 2 is 1.76 bits per heavy atom. The lowest BCUT2D eigenvalue weighted by atomic mass is 9.47. The molecule has 3 saturated carbocycles. The molecule has 4 aliphatic rings. The number of hydrogen-bond acceptors (Lipinski definition) is 3. The Morgan fingerprint density at radius 1 is 1.08 bits per heavy atom. The average molecular weight is 351 g/mol. The number of aliphatic hydroxyl groups excluding tert-OH is 2. The molecule has 4 aliphatic carbocycles. The van der Waals surface area contributed by atoms with Gasteiger partial charge in [0.15, 0.2) is 0 Å². The molecule has 0 radical (unpaired) electrons. The SMILES string of the molecule is C.CC(O)[C@@]1(O)CCC2C3=CC[C@@H]4C[C@H](O)CC[C@]4(C)C3CC[C@@]21C. The van der Waals surface area contributed by atoms with Crippen LogP contribution in [0.25, 0.3) is 0 Å². The number of fused-ring (bicyclic) bond motifs is 5. The molecule has 0 bridgehead atoms. The van der Waals surface area contributed by atoms with Crippen LogP contribution in [0.5, 0.6) is 0 Å². The third kappa shape index (κ3) is 2.41. The summed E-state index contributed by atoms with van der Waals surface area (Å²) in [5.74, 6) is 1.63. The van der Waals surface area contributed by atoms with Crippen molar-refractivity contribution in [3.63, 3.8) is 0 Å². The fraction of sp³-hybridized carbons (Fsp3) is 0.909. The van der Waals surface area contributed by atoms with Gasteiger partial charge in [0.05, 0.1) is 17.8 Å². The quantitative estimate of drug-likeness (QED) is 0.625. The van der Waals surface area contributed by atoms with Crippen LogP contribution in [0.2, 0.25) is 0 Å². The van der Waals surface area contributed by atoms with Crippen LogP contribution in [0.1, 0.15) is 79.6 Å². The summed E-state index contributed by atoms with van der Waals surface area (Å²) in [7, 11) is 0. The van der Waals surface area contributed by atoms with Gasteiger partial charge in [0.25, 0.3) is 0 Å². The highest BCUT2D eigenvalue weighted by Crippen LogP contribution is 2.67. The molecule has 0 heterocycles. The van der Waals surface area contributed by atoms with Crippen LogP contribution in [-0.2, 0) is 0 Å². The lowest BCUT2D eigenvalue weighted by Gasteiger charge is -2.58. The van der Waals surface area contributed by atoms with Crippen molar-refractivity contribution in [2.45, 2.75) is 97.4 Å². The topological polar surface area (TPSA) is 60.7 Å². The number of rotatable bonds is 1. The summed E-state index contributed by atoms with van der Waals surface area (Å²) in [6.45, 7) is 6.43. The molecule has 3 N–H and O–H groups in total. The Balaban J connectivity index is 0.00000182. The van der Waals surface area contributed by atoms with Gasteiger partial charge in [0, 0.05) is 5.41 Å². The third-order valence-electron chi connectivity index (χ3n) is 8.96. The van der Waals surface area contributed by atoms with Gasteiger partial charge < -0.3 is 15.3 Å². The minimum absolute atomic E-state index is 0. The second kappa shape index (κ2) is 6.07. The predicted molar refractivity (Wildman–Crippen MR) is 101 cm³/mol. The van der Waals surface area contributed by atoms with E-state index >= 15 is 0 Å². The molecule has 0 saturated heterocycles. The van der Waals surface area contributed by atoms with E-state index in [1.165, 1.54) is 0 Å². The monoisotopic (exact) mass is 350 g/mol. The van der Waals surface area contributed by atoms with E-state index in [1.54, 1.807) is 12.5 Å². The number of aliphatic hydroxyl groups is 3. The molecule has 25 heavy (non-hydrogen) atoms. The molecule has 144 valence electrons. The lowest BCUT2D eigenvalue weighted by Crippen LogP contribution is -2.56. The Kier molecular flexibility index (Phi) is 4.71. The van der Waals surface area contributed by atoms with E-state index in [9.17, 15) is 15.3 Å². The zero-order valence-electron chi connectivity index (χ0n) is 15.5. The minimum atomic E-state index is -0.940. The van der Waals surface area contributed by atoms with Gasteiger partial charge in [-0.25, -0.2) is 0 Å². The molecule has 4 rings (SSSR count). The van der Waals surface area contributed by atoms with Gasteiger partial charge in [0.2, 0.25) is 0 Å². The van der Waals surface area contributed by atoms with Crippen molar-refractivity contribution in [3.8, 4) is 0 Å². The molecule has 3 heteroatoms. The molecule has 0 aromatic carbocycles. The van der Waals surface area contributed by atoms with Gasteiger partial charge in [-0.05, 0) is 81.5 Å². The van der Waals surface area contributed by atoms with E-state index in [1.807, 2.05) is 0 Å². The summed E-state index contributed by atoms with van der Waals surface area (Å²) in [6, 6.07) is 0. The average Bonchev–Trinajstić information content (AvgIpc) is 2.81. The first kappa shape index (κ1) is 19.4. The highest BCUT2D eigenvalue weighted by Gasteiger charge is 2.64. The molecule has 0 aromatic rings. The second-order valence-corrected chi connectivity index (χ2v) is 9.77. The summed E-state index contributed by atoms with van der Waals surface area (Å²) >= 11 is 0. The summed E-state index contributed by atoms with van der Waals surface area (Å²) in [5.41, 5.74) is 0.761. The maximum atomic E-state index is 11.2. The maximum absolute atomic E-state index is 11.2. The smallest absolute Gasteiger partial charge is 0.0961 e. The summed E-state index contributed by atoms with van der Waals surface area (Å²) in [6.07, 6.45) is 9.64. The second-order valence-electron chi connectivity index (χ2n) is 9.77. The Morgan fingerprint density at radius 3 is 2.44 bits per heavy atom. The first-order valence-corrected chi connectivity index (χ1v) is 10.0. The Bertz CT molecular complexity index is 555.